The van der Waals surface area contributed by atoms with Gasteiger partial charge in [-0.2, -0.15) is 0 Å². The molecule has 0 saturated heterocycles. The lowest BCUT2D eigenvalue weighted by atomic mass is 9.82. The van der Waals surface area contributed by atoms with E-state index >= 15 is 0 Å². The van der Waals surface area contributed by atoms with Crippen LogP contribution in [0.4, 0.5) is 5.82 Å². The first-order valence-corrected chi connectivity index (χ1v) is 7.79. The molecule has 130 valence electrons. The fraction of sp³-hybridized carbons (Fsp3) is 0.278. The van der Waals surface area contributed by atoms with Gasteiger partial charge < -0.3 is 10.1 Å². The van der Waals surface area contributed by atoms with E-state index in [-0.39, 0.29) is 0 Å². The lowest BCUT2D eigenvalue weighted by molar-refractivity contribution is -0.136. The van der Waals surface area contributed by atoms with Crippen LogP contribution in [0.2, 0.25) is 0 Å². The average molecular weight is 341 g/mol. The number of ether oxygens (including phenoxy) is 1. The molecule has 2 aromatic rings. The van der Waals surface area contributed by atoms with Crippen LogP contribution in [0.3, 0.4) is 0 Å². The topological polar surface area (TPSA) is 82.3 Å². The molecule has 0 amide bonds. The van der Waals surface area contributed by atoms with Crippen LogP contribution in [0.15, 0.2) is 51.2 Å². The third-order valence-corrected chi connectivity index (χ3v) is 4.52. The first-order chi connectivity index (χ1) is 11.9. The first-order valence-electron chi connectivity index (χ1n) is 7.79. The van der Waals surface area contributed by atoms with E-state index in [9.17, 15) is 14.4 Å². The van der Waals surface area contributed by atoms with Gasteiger partial charge in [-0.05, 0) is 12.5 Å². The molecule has 0 saturated carbocycles. The van der Waals surface area contributed by atoms with Gasteiger partial charge in [0.25, 0.3) is 5.56 Å². The molecular formula is C18H19N3O4. The largest absolute Gasteiger partial charge is 0.466 e. The van der Waals surface area contributed by atoms with Gasteiger partial charge >= 0.3 is 11.7 Å². The van der Waals surface area contributed by atoms with Gasteiger partial charge in [0.1, 0.15) is 5.82 Å². The monoisotopic (exact) mass is 341 g/mol. The van der Waals surface area contributed by atoms with Crippen molar-refractivity contribution >= 4 is 11.8 Å². The normalized spacial score (nSPS) is 16.2. The van der Waals surface area contributed by atoms with Crippen molar-refractivity contribution in [3.63, 3.8) is 0 Å². The van der Waals surface area contributed by atoms with Crippen molar-refractivity contribution in [1.29, 1.82) is 0 Å². The van der Waals surface area contributed by atoms with E-state index in [1.807, 2.05) is 30.3 Å². The standard InChI is InChI=1S/C18H19N3O4/c1-10-12(17(23)25-4)13(11-8-6-5-7-9-11)14-15(19-10)20(2)18(24)21(3)16(14)22/h5-9,13,19H,1-4H3/t13-/m0/s1. The molecule has 2 heterocycles. The highest BCUT2D eigenvalue weighted by atomic mass is 16.5. The number of nitrogens with one attached hydrogen (secondary N) is 1. The van der Waals surface area contributed by atoms with Crippen molar-refractivity contribution in [3.05, 3.63) is 73.6 Å². The minimum absolute atomic E-state index is 0.349. The van der Waals surface area contributed by atoms with Crippen LogP contribution < -0.4 is 16.6 Å². The van der Waals surface area contributed by atoms with Gasteiger partial charge in [-0.15, -0.1) is 0 Å². The summed E-state index contributed by atoms with van der Waals surface area (Å²) in [6, 6.07) is 9.24. The van der Waals surface area contributed by atoms with Gasteiger partial charge in [-0.1, -0.05) is 30.3 Å². The van der Waals surface area contributed by atoms with Gasteiger partial charge in [0, 0.05) is 19.8 Å². The smallest absolute Gasteiger partial charge is 0.336 e. The van der Waals surface area contributed by atoms with Crippen LogP contribution >= 0.6 is 0 Å². The highest BCUT2D eigenvalue weighted by Crippen LogP contribution is 2.39. The van der Waals surface area contributed by atoms with Crippen LogP contribution in [0.25, 0.3) is 0 Å². The van der Waals surface area contributed by atoms with Crippen LogP contribution in [0.1, 0.15) is 24.0 Å². The highest BCUT2D eigenvalue weighted by Gasteiger charge is 2.36. The fourth-order valence-corrected chi connectivity index (χ4v) is 3.25. The number of aromatic nitrogens is 2. The van der Waals surface area contributed by atoms with Gasteiger partial charge in [-0.25, -0.2) is 9.59 Å². The molecule has 0 aliphatic carbocycles. The number of anilines is 1. The second kappa shape index (κ2) is 6.08. The number of esters is 1. The molecule has 0 spiro atoms. The van der Waals surface area contributed by atoms with Gasteiger partial charge in [0.2, 0.25) is 0 Å². The van der Waals surface area contributed by atoms with E-state index in [1.165, 1.54) is 18.7 Å². The molecule has 0 bridgehead atoms. The molecule has 1 aliphatic rings. The summed E-state index contributed by atoms with van der Waals surface area (Å²) in [6.45, 7) is 1.73. The molecule has 1 aromatic heterocycles. The molecule has 0 unspecified atom stereocenters. The minimum atomic E-state index is -0.615. The lowest BCUT2D eigenvalue weighted by Crippen LogP contribution is -2.43. The lowest BCUT2D eigenvalue weighted by Gasteiger charge is -2.30. The summed E-state index contributed by atoms with van der Waals surface area (Å²) in [5.41, 5.74) is 1.17. The van der Waals surface area contributed by atoms with Crippen LogP contribution in [-0.2, 0) is 23.6 Å². The molecule has 3 rings (SSSR count). The predicted octanol–water partition coefficient (Wildman–Crippen LogP) is 1.09. The minimum Gasteiger partial charge on any atom is -0.466 e. The number of methoxy groups -OCH3 is 1. The summed E-state index contributed by atoms with van der Waals surface area (Å²) in [5, 5.41) is 3.03. The van der Waals surface area contributed by atoms with Crippen molar-refractivity contribution in [1.82, 2.24) is 9.13 Å². The number of carbonyl (C=O) groups excluding carboxylic acids is 1. The van der Waals surface area contributed by atoms with E-state index in [0.717, 1.165) is 10.1 Å². The summed E-state index contributed by atoms with van der Waals surface area (Å²) in [5.74, 6) is -0.733. The van der Waals surface area contributed by atoms with E-state index in [0.29, 0.717) is 22.7 Å². The van der Waals surface area contributed by atoms with E-state index < -0.39 is 23.1 Å². The first kappa shape index (κ1) is 16.8. The average Bonchev–Trinajstić information content (AvgIpc) is 2.63. The zero-order chi connectivity index (χ0) is 18.3. The molecule has 1 aromatic carbocycles. The van der Waals surface area contributed by atoms with Crippen molar-refractivity contribution in [2.24, 2.45) is 14.1 Å². The summed E-state index contributed by atoms with van der Waals surface area (Å²) in [4.78, 5) is 37.6. The molecule has 1 N–H and O–H groups in total. The highest BCUT2D eigenvalue weighted by molar-refractivity contribution is 5.94. The van der Waals surface area contributed by atoms with Gasteiger partial charge in [0.05, 0.1) is 24.2 Å². The molecule has 7 nitrogen and oxygen atoms in total. The third kappa shape index (κ3) is 2.48. The summed E-state index contributed by atoms with van der Waals surface area (Å²) >= 11 is 0. The fourth-order valence-electron chi connectivity index (χ4n) is 3.25. The summed E-state index contributed by atoms with van der Waals surface area (Å²) < 4.78 is 7.36. The number of rotatable bonds is 2. The number of carbonyl (C=O) groups is 1. The predicted molar refractivity (Wildman–Crippen MR) is 93.5 cm³/mol. The summed E-state index contributed by atoms with van der Waals surface area (Å²) in [6.07, 6.45) is 0. The molecule has 7 heteroatoms. The number of fused-ring (bicyclic) bond motifs is 1. The Hall–Kier alpha value is -3.09. The van der Waals surface area contributed by atoms with E-state index in [2.05, 4.69) is 5.32 Å². The van der Waals surface area contributed by atoms with E-state index in [4.69, 9.17) is 4.74 Å². The van der Waals surface area contributed by atoms with Crippen molar-refractivity contribution in [2.75, 3.05) is 12.4 Å². The second-order valence-electron chi connectivity index (χ2n) is 5.97. The van der Waals surface area contributed by atoms with Crippen LogP contribution in [0, 0.1) is 0 Å². The number of nitrogens with zero attached hydrogens (tertiary/aromatic N) is 2. The quantitative estimate of drug-likeness (QED) is 0.827. The molecule has 0 fully saturated rings. The maximum atomic E-state index is 12.9. The third-order valence-electron chi connectivity index (χ3n) is 4.52. The number of hydrogen-bond acceptors (Lipinski definition) is 5. The Morgan fingerprint density at radius 3 is 2.36 bits per heavy atom. The van der Waals surface area contributed by atoms with Crippen molar-refractivity contribution in [3.8, 4) is 0 Å². The number of hydrogen-bond donors (Lipinski definition) is 1. The Morgan fingerprint density at radius 2 is 1.76 bits per heavy atom. The Kier molecular flexibility index (Phi) is 4.08. The van der Waals surface area contributed by atoms with Gasteiger partial charge in [0.15, 0.2) is 0 Å². The van der Waals surface area contributed by atoms with Crippen molar-refractivity contribution < 1.29 is 9.53 Å². The summed E-state index contributed by atoms with van der Waals surface area (Å²) in [7, 11) is 4.32. The maximum absolute atomic E-state index is 12.9. The molecule has 0 radical (unpaired) electrons. The zero-order valence-corrected chi connectivity index (χ0v) is 14.5. The molecule has 1 aliphatic heterocycles. The SMILES string of the molecule is COC(=O)C1=C(C)Nc2c(c(=O)n(C)c(=O)n2C)[C@H]1c1ccccc1. The van der Waals surface area contributed by atoms with Crippen LogP contribution in [0.5, 0.6) is 0 Å². The second-order valence-corrected chi connectivity index (χ2v) is 5.97. The van der Waals surface area contributed by atoms with Gasteiger partial charge in [-0.3, -0.25) is 13.9 Å². The number of benzene rings is 1. The Bertz CT molecular complexity index is 999. The zero-order valence-electron chi connectivity index (χ0n) is 14.5. The molecule has 1 atom stereocenters. The maximum Gasteiger partial charge on any atom is 0.336 e. The Balaban J connectivity index is 2.42. The molecule has 25 heavy (non-hydrogen) atoms. The number of allylic oxidation sites excluding steroid dienone is 1. The molecular weight excluding hydrogens is 322 g/mol. The Morgan fingerprint density at radius 1 is 1.12 bits per heavy atom. The Labute approximate surface area is 144 Å². The van der Waals surface area contributed by atoms with Crippen molar-refractivity contribution in [2.45, 2.75) is 12.8 Å². The van der Waals surface area contributed by atoms with E-state index in [1.54, 1.807) is 14.0 Å². The van der Waals surface area contributed by atoms with Crippen LogP contribution in [-0.4, -0.2) is 22.2 Å².